The van der Waals surface area contributed by atoms with Crippen molar-refractivity contribution < 1.29 is 4.79 Å². The number of nitrogens with one attached hydrogen (secondary N) is 1. The smallest absolute Gasteiger partial charge is 0.144 e. The molecule has 3 nitrogen and oxygen atoms in total. The first-order valence-electron chi connectivity index (χ1n) is 7.42. The van der Waals surface area contributed by atoms with Crippen LogP contribution < -0.4 is 5.43 Å². The Morgan fingerprint density at radius 1 is 1.22 bits per heavy atom. The van der Waals surface area contributed by atoms with Crippen LogP contribution in [0.2, 0.25) is 0 Å². The molecule has 3 aliphatic rings. The molecule has 1 aliphatic heterocycles. The Labute approximate surface area is 109 Å². The summed E-state index contributed by atoms with van der Waals surface area (Å²) in [4.78, 5) is 12.4. The third kappa shape index (κ3) is 2.08. The molecule has 1 N–H and O–H groups in total. The zero-order chi connectivity index (χ0) is 12.8. The first-order valence-corrected chi connectivity index (χ1v) is 7.42. The minimum Gasteiger partial charge on any atom is -0.306 e. The van der Waals surface area contributed by atoms with Gasteiger partial charge in [0.15, 0.2) is 0 Å². The Morgan fingerprint density at radius 3 is 2.67 bits per heavy atom. The molecule has 0 unspecified atom stereocenters. The molecule has 1 heterocycles. The summed E-state index contributed by atoms with van der Waals surface area (Å²) in [7, 11) is 0. The second-order valence-corrected chi connectivity index (χ2v) is 7.10. The molecule has 2 aliphatic carbocycles. The van der Waals surface area contributed by atoms with Gasteiger partial charge in [0, 0.05) is 6.42 Å². The predicted molar refractivity (Wildman–Crippen MR) is 72.4 cm³/mol. The van der Waals surface area contributed by atoms with Crippen molar-refractivity contribution >= 4 is 11.5 Å². The van der Waals surface area contributed by atoms with Crippen LogP contribution in [0.3, 0.4) is 0 Å². The molecule has 18 heavy (non-hydrogen) atoms. The summed E-state index contributed by atoms with van der Waals surface area (Å²) < 4.78 is 0. The molecule has 0 aromatic heterocycles. The normalized spacial score (nSPS) is 35.9. The van der Waals surface area contributed by atoms with Crippen LogP contribution in [-0.4, -0.2) is 17.5 Å². The Bertz CT molecular complexity index is 380. The molecular formula is C15H24N2O. The molecule has 0 radical (unpaired) electrons. The molecule has 2 atom stereocenters. The van der Waals surface area contributed by atoms with Gasteiger partial charge in [-0.1, -0.05) is 33.1 Å². The quantitative estimate of drug-likeness (QED) is 0.775. The SMILES string of the molecule is CC1(C)CC(=O)[C@@H]2C(C3CCCCC3)=NN[C@H]2C1. The highest BCUT2D eigenvalue weighted by molar-refractivity contribution is 6.08. The average molecular weight is 248 g/mol. The lowest BCUT2D eigenvalue weighted by Gasteiger charge is -2.37. The molecule has 0 saturated heterocycles. The third-order valence-electron chi connectivity index (χ3n) is 4.88. The molecule has 100 valence electrons. The fraction of sp³-hybridized carbons (Fsp3) is 0.867. The van der Waals surface area contributed by atoms with E-state index < -0.39 is 0 Å². The van der Waals surface area contributed by atoms with Crippen LogP contribution >= 0.6 is 0 Å². The number of carbonyl (C=O) groups excluding carboxylic acids is 1. The molecule has 0 bridgehead atoms. The van der Waals surface area contributed by atoms with Gasteiger partial charge in [-0.2, -0.15) is 5.10 Å². The number of Topliss-reactive ketones (excluding diaryl/α,β-unsaturated/α-hetero) is 1. The lowest BCUT2D eigenvalue weighted by Crippen LogP contribution is -2.46. The molecule has 0 spiro atoms. The Balaban J connectivity index is 1.77. The molecule has 0 aromatic carbocycles. The van der Waals surface area contributed by atoms with E-state index >= 15 is 0 Å². The zero-order valence-corrected chi connectivity index (χ0v) is 11.5. The monoisotopic (exact) mass is 248 g/mol. The van der Waals surface area contributed by atoms with E-state index in [9.17, 15) is 4.79 Å². The van der Waals surface area contributed by atoms with Crippen LogP contribution in [0.15, 0.2) is 5.10 Å². The van der Waals surface area contributed by atoms with Gasteiger partial charge in [-0.3, -0.25) is 4.79 Å². The van der Waals surface area contributed by atoms with Crippen molar-refractivity contribution in [3.63, 3.8) is 0 Å². The van der Waals surface area contributed by atoms with E-state index in [1.807, 2.05) is 0 Å². The summed E-state index contributed by atoms with van der Waals surface area (Å²) in [5.41, 5.74) is 4.60. The number of nitrogens with zero attached hydrogens (tertiary/aromatic N) is 1. The van der Waals surface area contributed by atoms with Crippen LogP contribution in [0, 0.1) is 17.3 Å². The number of carbonyl (C=O) groups is 1. The lowest BCUT2D eigenvalue weighted by molar-refractivity contribution is -0.126. The highest BCUT2D eigenvalue weighted by Gasteiger charge is 2.47. The van der Waals surface area contributed by atoms with Crippen molar-refractivity contribution in [3.05, 3.63) is 0 Å². The predicted octanol–water partition coefficient (Wildman–Crippen LogP) is 2.90. The maximum atomic E-state index is 12.4. The number of ketones is 1. The largest absolute Gasteiger partial charge is 0.306 e. The van der Waals surface area contributed by atoms with E-state index in [1.165, 1.54) is 37.8 Å². The minimum atomic E-state index is 0.0983. The van der Waals surface area contributed by atoms with E-state index in [-0.39, 0.29) is 17.4 Å². The van der Waals surface area contributed by atoms with Gasteiger partial charge in [0.05, 0.1) is 17.7 Å². The van der Waals surface area contributed by atoms with Crippen LogP contribution in [0.25, 0.3) is 0 Å². The molecular weight excluding hydrogens is 224 g/mol. The van der Waals surface area contributed by atoms with Gasteiger partial charge in [-0.25, -0.2) is 0 Å². The van der Waals surface area contributed by atoms with Crippen molar-refractivity contribution in [2.75, 3.05) is 0 Å². The van der Waals surface area contributed by atoms with Gasteiger partial charge in [0.1, 0.15) is 5.78 Å². The molecule has 0 amide bonds. The summed E-state index contributed by atoms with van der Waals surface area (Å²) in [6.07, 6.45) is 8.24. The molecule has 3 heteroatoms. The van der Waals surface area contributed by atoms with Crippen LogP contribution in [-0.2, 0) is 4.79 Å². The van der Waals surface area contributed by atoms with E-state index in [0.29, 0.717) is 11.7 Å². The summed E-state index contributed by atoms with van der Waals surface area (Å²) in [5.74, 6) is 1.10. The Hall–Kier alpha value is -0.860. The van der Waals surface area contributed by atoms with Gasteiger partial charge < -0.3 is 5.43 Å². The van der Waals surface area contributed by atoms with Gasteiger partial charge in [0.2, 0.25) is 0 Å². The molecule has 3 rings (SSSR count). The van der Waals surface area contributed by atoms with Crippen molar-refractivity contribution in [2.24, 2.45) is 22.4 Å². The fourth-order valence-corrected chi connectivity index (χ4v) is 4.05. The standard InChI is InChI=1S/C15H24N2O/c1-15(2)8-11-13(12(18)9-15)14(17-16-11)10-6-4-3-5-7-10/h10-11,13,16H,3-9H2,1-2H3/t11-,13+/m0/s1. The first-order chi connectivity index (χ1) is 8.57. The molecule has 2 saturated carbocycles. The van der Waals surface area contributed by atoms with Gasteiger partial charge in [-0.05, 0) is 30.6 Å². The Morgan fingerprint density at radius 2 is 1.94 bits per heavy atom. The third-order valence-corrected chi connectivity index (χ3v) is 4.88. The van der Waals surface area contributed by atoms with Crippen molar-refractivity contribution in [1.82, 2.24) is 5.43 Å². The number of fused-ring (bicyclic) bond motifs is 1. The zero-order valence-electron chi connectivity index (χ0n) is 11.5. The number of hydrogen-bond donors (Lipinski definition) is 1. The lowest BCUT2D eigenvalue weighted by atomic mass is 9.66. The second-order valence-electron chi connectivity index (χ2n) is 7.10. The maximum absolute atomic E-state index is 12.4. The highest BCUT2D eigenvalue weighted by Crippen LogP contribution is 2.41. The van der Waals surface area contributed by atoms with Crippen LogP contribution in [0.5, 0.6) is 0 Å². The number of hydrogen-bond acceptors (Lipinski definition) is 3. The fourth-order valence-electron chi connectivity index (χ4n) is 4.05. The van der Waals surface area contributed by atoms with Crippen LogP contribution in [0.4, 0.5) is 0 Å². The average Bonchev–Trinajstić information content (AvgIpc) is 2.72. The number of rotatable bonds is 1. The van der Waals surface area contributed by atoms with Gasteiger partial charge in [0.25, 0.3) is 0 Å². The Kier molecular flexibility index (Phi) is 2.95. The van der Waals surface area contributed by atoms with Gasteiger partial charge in [-0.15, -0.1) is 0 Å². The van der Waals surface area contributed by atoms with E-state index in [1.54, 1.807) is 0 Å². The van der Waals surface area contributed by atoms with E-state index in [0.717, 1.165) is 12.8 Å². The second kappa shape index (κ2) is 4.36. The van der Waals surface area contributed by atoms with Crippen LogP contribution in [0.1, 0.15) is 58.8 Å². The van der Waals surface area contributed by atoms with Gasteiger partial charge >= 0.3 is 0 Å². The summed E-state index contributed by atoms with van der Waals surface area (Å²) in [6.45, 7) is 4.39. The molecule has 0 aromatic rings. The van der Waals surface area contributed by atoms with Crippen molar-refractivity contribution in [2.45, 2.75) is 64.8 Å². The summed E-state index contributed by atoms with van der Waals surface area (Å²) in [6, 6.07) is 0.276. The van der Waals surface area contributed by atoms with Crippen molar-refractivity contribution in [3.8, 4) is 0 Å². The van der Waals surface area contributed by atoms with Crippen molar-refractivity contribution in [1.29, 1.82) is 0 Å². The molecule has 2 fully saturated rings. The summed E-state index contributed by atoms with van der Waals surface area (Å²) >= 11 is 0. The topological polar surface area (TPSA) is 41.5 Å². The van der Waals surface area contributed by atoms with E-state index in [2.05, 4.69) is 24.4 Å². The number of hydrazone groups is 1. The summed E-state index contributed by atoms with van der Waals surface area (Å²) in [5, 5.41) is 4.57. The first kappa shape index (κ1) is 12.2. The minimum absolute atomic E-state index is 0.0983. The highest BCUT2D eigenvalue weighted by atomic mass is 16.1. The van der Waals surface area contributed by atoms with E-state index in [4.69, 9.17) is 0 Å². The maximum Gasteiger partial charge on any atom is 0.144 e.